The molecule has 0 saturated carbocycles. The molecule has 2 atom stereocenters. The lowest BCUT2D eigenvalue weighted by atomic mass is 9.74. The average Bonchev–Trinajstić information content (AvgIpc) is 3.27. The summed E-state index contributed by atoms with van der Waals surface area (Å²) in [6.45, 7) is 4.67. The van der Waals surface area contributed by atoms with E-state index in [2.05, 4.69) is 147 Å². The molecule has 0 amide bonds. The van der Waals surface area contributed by atoms with Gasteiger partial charge in [-0.3, -0.25) is 0 Å². The van der Waals surface area contributed by atoms with Crippen molar-refractivity contribution in [1.82, 2.24) is 0 Å². The highest BCUT2D eigenvalue weighted by molar-refractivity contribution is 5.71. The Morgan fingerprint density at radius 2 is 1.29 bits per heavy atom. The van der Waals surface area contributed by atoms with Gasteiger partial charge in [0.1, 0.15) is 0 Å². The van der Waals surface area contributed by atoms with Crippen LogP contribution in [0, 0.1) is 5.92 Å². The van der Waals surface area contributed by atoms with Crippen molar-refractivity contribution in [2.24, 2.45) is 5.92 Å². The molecule has 5 aromatic rings. The summed E-state index contributed by atoms with van der Waals surface area (Å²) in [6.07, 6.45) is 9.86. The van der Waals surface area contributed by atoms with Gasteiger partial charge >= 0.3 is 0 Å². The van der Waals surface area contributed by atoms with Crippen LogP contribution in [0.1, 0.15) is 42.0 Å². The second-order valence-corrected chi connectivity index (χ2v) is 12.2. The van der Waals surface area contributed by atoms with Gasteiger partial charge in [-0.1, -0.05) is 129 Å². The molecular formula is C40H32O2. The fourth-order valence-corrected chi connectivity index (χ4v) is 7.03. The Morgan fingerprint density at radius 3 is 2.14 bits per heavy atom. The SMILES string of the molecule is CC1(C)c2ccc3c(c2C2C=CC=CC21)Oc1ccc(-c2cccc(Cc4ccc(-c5ccccc5)cc4)c2)cc1O3. The topological polar surface area (TPSA) is 18.5 Å². The van der Waals surface area contributed by atoms with Gasteiger partial charge in [0, 0.05) is 11.5 Å². The highest BCUT2D eigenvalue weighted by Gasteiger charge is 2.47. The van der Waals surface area contributed by atoms with Gasteiger partial charge in [0.25, 0.3) is 0 Å². The molecular weight excluding hydrogens is 512 g/mol. The Kier molecular flexibility index (Phi) is 5.72. The standard InChI is InChI=1S/C40H32O2/c1-40(2)33-14-7-6-13-32(33)38-34(40)20-22-36-39(38)42-35-21-19-31(25-37(35)41-36)30-12-8-9-27(24-30)23-26-15-17-29(18-16-26)28-10-4-3-5-11-28/h3-22,24-25,32-33H,23H2,1-2H3. The zero-order valence-electron chi connectivity index (χ0n) is 23.9. The van der Waals surface area contributed by atoms with Gasteiger partial charge in [-0.15, -0.1) is 0 Å². The molecule has 2 nitrogen and oxygen atoms in total. The molecule has 0 bridgehead atoms. The number of hydrogen-bond acceptors (Lipinski definition) is 2. The van der Waals surface area contributed by atoms with Gasteiger partial charge in [0.15, 0.2) is 23.0 Å². The maximum atomic E-state index is 6.61. The number of benzene rings is 5. The van der Waals surface area contributed by atoms with Crippen LogP contribution in [0.4, 0.5) is 0 Å². The summed E-state index contributed by atoms with van der Waals surface area (Å²) in [7, 11) is 0. The van der Waals surface area contributed by atoms with Crippen LogP contribution in [0.2, 0.25) is 0 Å². The molecule has 2 unspecified atom stereocenters. The first-order chi connectivity index (χ1) is 20.5. The maximum Gasteiger partial charge on any atom is 0.174 e. The van der Waals surface area contributed by atoms with Crippen molar-refractivity contribution in [3.8, 4) is 45.3 Å². The van der Waals surface area contributed by atoms with Crippen molar-refractivity contribution in [2.75, 3.05) is 0 Å². The van der Waals surface area contributed by atoms with E-state index < -0.39 is 0 Å². The molecule has 5 aromatic carbocycles. The summed E-state index contributed by atoms with van der Waals surface area (Å²) < 4.78 is 13.1. The predicted octanol–water partition coefficient (Wildman–Crippen LogP) is 10.6. The van der Waals surface area contributed by atoms with Crippen molar-refractivity contribution in [2.45, 2.75) is 31.6 Å². The quantitative estimate of drug-likeness (QED) is 0.220. The van der Waals surface area contributed by atoms with Crippen LogP contribution in [-0.2, 0) is 11.8 Å². The van der Waals surface area contributed by atoms with E-state index in [1.54, 1.807) is 0 Å². The monoisotopic (exact) mass is 544 g/mol. The lowest BCUT2D eigenvalue weighted by Crippen LogP contribution is -2.24. The normalized spacial score (nSPS) is 18.7. The van der Waals surface area contributed by atoms with E-state index in [1.807, 2.05) is 0 Å². The molecule has 2 heteroatoms. The van der Waals surface area contributed by atoms with E-state index >= 15 is 0 Å². The number of ether oxygens (including phenoxy) is 2. The van der Waals surface area contributed by atoms with E-state index in [0.29, 0.717) is 11.8 Å². The minimum Gasteiger partial charge on any atom is -0.449 e. The Balaban J connectivity index is 1.05. The molecule has 0 saturated heterocycles. The second kappa shape index (κ2) is 9.63. The van der Waals surface area contributed by atoms with E-state index in [-0.39, 0.29) is 5.41 Å². The third-order valence-electron chi connectivity index (χ3n) is 9.26. The lowest BCUT2D eigenvalue weighted by molar-refractivity contribution is 0.354. The molecule has 42 heavy (non-hydrogen) atoms. The minimum atomic E-state index is 0.0404. The van der Waals surface area contributed by atoms with Crippen LogP contribution in [0.5, 0.6) is 23.0 Å². The third-order valence-corrected chi connectivity index (χ3v) is 9.26. The van der Waals surface area contributed by atoms with Crippen LogP contribution < -0.4 is 9.47 Å². The molecule has 8 rings (SSSR count). The molecule has 0 spiro atoms. The lowest BCUT2D eigenvalue weighted by Gasteiger charge is -2.29. The molecule has 0 radical (unpaired) electrons. The maximum absolute atomic E-state index is 6.61. The number of hydrogen-bond donors (Lipinski definition) is 0. The molecule has 0 N–H and O–H groups in total. The minimum absolute atomic E-state index is 0.0404. The van der Waals surface area contributed by atoms with Gasteiger partial charge in [0.05, 0.1) is 0 Å². The molecule has 1 heterocycles. The molecule has 0 fully saturated rings. The van der Waals surface area contributed by atoms with Gasteiger partial charge in [-0.2, -0.15) is 0 Å². The Bertz CT molecular complexity index is 1880. The summed E-state index contributed by atoms with van der Waals surface area (Å²) in [5.74, 6) is 3.92. The highest BCUT2D eigenvalue weighted by Crippen LogP contribution is 2.60. The van der Waals surface area contributed by atoms with E-state index in [0.717, 1.165) is 35.0 Å². The fourth-order valence-electron chi connectivity index (χ4n) is 7.03. The largest absolute Gasteiger partial charge is 0.449 e. The Hall–Kier alpha value is -4.82. The first-order valence-corrected chi connectivity index (χ1v) is 14.8. The molecule has 3 aliphatic rings. The van der Waals surface area contributed by atoms with Crippen molar-refractivity contribution < 1.29 is 9.47 Å². The van der Waals surface area contributed by atoms with Crippen molar-refractivity contribution in [3.63, 3.8) is 0 Å². The average molecular weight is 545 g/mol. The smallest absolute Gasteiger partial charge is 0.174 e. The highest BCUT2D eigenvalue weighted by atomic mass is 16.6. The summed E-state index contributed by atoms with van der Waals surface area (Å²) in [6, 6.07) is 38.8. The van der Waals surface area contributed by atoms with E-state index in [4.69, 9.17) is 9.47 Å². The predicted molar refractivity (Wildman–Crippen MR) is 171 cm³/mol. The second-order valence-electron chi connectivity index (χ2n) is 12.2. The van der Waals surface area contributed by atoms with Crippen molar-refractivity contribution in [1.29, 1.82) is 0 Å². The van der Waals surface area contributed by atoms with Crippen molar-refractivity contribution >= 4 is 0 Å². The van der Waals surface area contributed by atoms with Crippen LogP contribution in [0.3, 0.4) is 0 Å². The van der Waals surface area contributed by atoms with Gasteiger partial charge < -0.3 is 9.47 Å². The third kappa shape index (κ3) is 4.10. The van der Waals surface area contributed by atoms with E-state index in [1.165, 1.54) is 38.9 Å². The number of allylic oxidation sites excluding steroid dienone is 4. The fraction of sp³-hybridized carbons (Fsp3) is 0.150. The first kappa shape index (κ1) is 24.9. The summed E-state index contributed by atoms with van der Waals surface area (Å²) in [5, 5.41) is 0. The van der Waals surface area contributed by atoms with Crippen LogP contribution in [-0.4, -0.2) is 0 Å². The van der Waals surface area contributed by atoms with E-state index in [9.17, 15) is 0 Å². The van der Waals surface area contributed by atoms with Gasteiger partial charge in [-0.25, -0.2) is 0 Å². The van der Waals surface area contributed by atoms with Gasteiger partial charge in [-0.05, 0) is 74.9 Å². The first-order valence-electron chi connectivity index (χ1n) is 14.8. The Labute approximate surface area is 247 Å². The molecule has 1 aliphatic heterocycles. The van der Waals surface area contributed by atoms with Crippen LogP contribution in [0.15, 0.2) is 133 Å². The zero-order chi connectivity index (χ0) is 28.3. The summed E-state index contributed by atoms with van der Waals surface area (Å²) in [4.78, 5) is 0. The molecule has 204 valence electrons. The zero-order valence-corrected chi connectivity index (χ0v) is 23.9. The van der Waals surface area contributed by atoms with Gasteiger partial charge in [0.2, 0.25) is 0 Å². The molecule has 0 aromatic heterocycles. The molecule has 2 aliphatic carbocycles. The Morgan fingerprint density at radius 1 is 0.571 bits per heavy atom. The van der Waals surface area contributed by atoms with Crippen molar-refractivity contribution in [3.05, 3.63) is 156 Å². The number of fused-ring (bicyclic) bond motifs is 6. The summed E-state index contributed by atoms with van der Waals surface area (Å²) in [5.41, 5.74) is 10.0. The van der Waals surface area contributed by atoms with Crippen LogP contribution >= 0.6 is 0 Å². The summed E-state index contributed by atoms with van der Waals surface area (Å²) >= 11 is 0. The van der Waals surface area contributed by atoms with Crippen LogP contribution in [0.25, 0.3) is 22.3 Å². The number of rotatable bonds is 4.